The number of nitrogens with zero attached hydrogens (tertiary/aromatic N) is 5. The molecule has 1 aliphatic rings. The van der Waals surface area contributed by atoms with Crippen LogP contribution in [0.2, 0.25) is 0 Å². The number of amidine groups is 1. The van der Waals surface area contributed by atoms with Gasteiger partial charge < -0.3 is 14.5 Å². The molecule has 0 aromatic carbocycles. The SMILES string of the molecule is CN(C)C1=NC(NC(C)(C)C)(N(C)C)OC(N(C)C)=N1. The lowest BCUT2D eigenvalue weighted by Crippen LogP contribution is -2.65. The average molecular weight is 284 g/mol. The van der Waals surface area contributed by atoms with E-state index in [0.717, 1.165) is 0 Å². The van der Waals surface area contributed by atoms with Crippen molar-refractivity contribution in [1.29, 1.82) is 0 Å². The van der Waals surface area contributed by atoms with Crippen LogP contribution in [0.1, 0.15) is 20.8 Å². The molecule has 1 rings (SSSR count). The Labute approximate surface area is 122 Å². The van der Waals surface area contributed by atoms with Gasteiger partial charge in [0.05, 0.1) is 0 Å². The van der Waals surface area contributed by atoms with Crippen LogP contribution in [0.4, 0.5) is 0 Å². The summed E-state index contributed by atoms with van der Waals surface area (Å²) < 4.78 is 6.03. The van der Waals surface area contributed by atoms with Crippen molar-refractivity contribution in [3.05, 3.63) is 0 Å². The van der Waals surface area contributed by atoms with Crippen molar-refractivity contribution in [2.45, 2.75) is 32.3 Å². The molecule has 0 fully saturated rings. The van der Waals surface area contributed by atoms with Crippen molar-refractivity contribution in [2.24, 2.45) is 9.98 Å². The van der Waals surface area contributed by atoms with Crippen LogP contribution in [0.5, 0.6) is 0 Å². The van der Waals surface area contributed by atoms with E-state index in [1.165, 1.54) is 0 Å². The maximum Gasteiger partial charge on any atom is 0.329 e. The van der Waals surface area contributed by atoms with Crippen molar-refractivity contribution < 1.29 is 4.74 Å². The highest BCUT2D eigenvalue weighted by atomic mass is 16.6. The van der Waals surface area contributed by atoms with Crippen LogP contribution in [-0.4, -0.2) is 80.5 Å². The first-order valence-electron chi connectivity index (χ1n) is 6.66. The summed E-state index contributed by atoms with van der Waals surface area (Å²) in [6.45, 7) is 6.23. The lowest BCUT2D eigenvalue weighted by atomic mass is 10.1. The van der Waals surface area contributed by atoms with Gasteiger partial charge in [-0.1, -0.05) is 0 Å². The Morgan fingerprint density at radius 1 is 1.00 bits per heavy atom. The van der Waals surface area contributed by atoms with Gasteiger partial charge in [-0.2, -0.15) is 9.98 Å². The number of hydrogen-bond donors (Lipinski definition) is 1. The van der Waals surface area contributed by atoms with E-state index >= 15 is 0 Å². The molecular weight excluding hydrogens is 256 g/mol. The molecule has 20 heavy (non-hydrogen) atoms. The van der Waals surface area contributed by atoms with Crippen LogP contribution < -0.4 is 5.32 Å². The Balaban J connectivity index is 3.28. The van der Waals surface area contributed by atoms with Gasteiger partial charge >= 0.3 is 5.97 Å². The molecule has 7 heteroatoms. The molecule has 7 nitrogen and oxygen atoms in total. The second kappa shape index (κ2) is 5.57. The molecule has 1 unspecified atom stereocenters. The normalized spacial score (nSPS) is 23.1. The molecule has 1 N–H and O–H groups in total. The van der Waals surface area contributed by atoms with E-state index in [1.54, 1.807) is 0 Å². The minimum absolute atomic E-state index is 0.167. The summed E-state index contributed by atoms with van der Waals surface area (Å²) in [5, 5.41) is 3.42. The van der Waals surface area contributed by atoms with E-state index in [1.807, 2.05) is 57.0 Å². The molecule has 0 radical (unpaired) electrons. The van der Waals surface area contributed by atoms with Gasteiger partial charge in [0.15, 0.2) is 0 Å². The zero-order valence-corrected chi connectivity index (χ0v) is 14.1. The number of hydrogen-bond acceptors (Lipinski definition) is 7. The zero-order valence-electron chi connectivity index (χ0n) is 14.1. The van der Waals surface area contributed by atoms with E-state index in [9.17, 15) is 0 Å². The summed E-state index contributed by atoms with van der Waals surface area (Å²) >= 11 is 0. The van der Waals surface area contributed by atoms with Crippen LogP contribution in [0.25, 0.3) is 0 Å². The van der Waals surface area contributed by atoms with Crippen molar-refractivity contribution in [2.75, 3.05) is 42.3 Å². The van der Waals surface area contributed by atoms with Gasteiger partial charge in [-0.05, 0) is 34.9 Å². The molecule has 116 valence electrons. The van der Waals surface area contributed by atoms with Crippen LogP contribution in [0, 0.1) is 0 Å². The first kappa shape index (κ1) is 16.7. The second-order valence-corrected chi connectivity index (χ2v) is 6.57. The molecule has 1 aliphatic heterocycles. The van der Waals surface area contributed by atoms with Crippen molar-refractivity contribution in [3.8, 4) is 0 Å². The predicted octanol–water partition coefficient (Wildman–Crippen LogP) is 0.413. The van der Waals surface area contributed by atoms with E-state index in [2.05, 4.69) is 36.1 Å². The van der Waals surface area contributed by atoms with Crippen LogP contribution in [0.15, 0.2) is 9.98 Å². The molecule has 1 atom stereocenters. The molecule has 0 aromatic heterocycles. The molecule has 0 saturated carbocycles. The third-order valence-electron chi connectivity index (χ3n) is 2.61. The molecule has 0 bridgehead atoms. The lowest BCUT2D eigenvalue weighted by Gasteiger charge is -2.43. The molecule has 0 saturated heterocycles. The summed E-state index contributed by atoms with van der Waals surface area (Å²) in [5.74, 6) is -0.357. The average Bonchev–Trinajstić information content (AvgIpc) is 2.25. The maximum absolute atomic E-state index is 6.03. The Morgan fingerprint density at radius 2 is 1.55 bits per heavy atom. The smallest absolute Gasteiger partial charge is 0.329 e. The highest BCUT2D eigenvalue weighted by Crippen LogP contribution is 2.22. The van der Waals surface area contributed by atoms with E-state index < -0.39 is 5.97 Å². The number of aliphatic imine (C=N–C) groups is 2. The quantitative estimate of drug-likeness (QED) is 0.745. The topological polar surface area (TPSA) is 55.7 Å². The minimum atomic E-state index is -0.973. The van der Waals surface area contributed by atoms with Gasteiger partial charge in [-0.25, -0.2) is 10.2 Å². The summed E-state index contributed by atoms with van der Waals surface area (Å²) in [7, 11) is 11.5. The standard InChI is InChI=1S/C13H28N6O/c1-12(2,3)16-13(19(8)9)15-10(17(4)5)14-11(20-13)18(6)7/h16H,1-9H3. The first-order valence-corrected chi connectivity index (χ1v) is 6.66. The molecule has 0 amide bonds. The van der Waals surface area contributed by atoms with Gasteiger partial charge in [0.1, 0.15) is 0 Å². The minimum Gasteiger partial charge on any atom is -0.408 e. The molecule has 0 spiro atoms. The van der Waals surface area contributed by atoms with Crippen LogP contribution in [0.3, 0.4) is 0 Å². The Hall–Kier alpha value is -1.34. The van der Waals surface area contributed by atoms with Crippen molar-refractivity contribution in [3.63, 3.8) is 0 Å². The summed E-state index contributed by atoms with van der Waals surface area (Å²) in [4.78, 5) is 14.7. The van der Waals surface area contributed by atoms with Crippen molar-refractivity contribution in [1.82, 2.24) is 20.0 Å². The summed E-state index contributed by atoms with van der Waals surface area (Å²) in [5.41, 5.74) is -0.167. The molecular formula is C13H28N6O. The third kappa shape index (κ3) is 3.83. The highest BCUT2D eigenvalue weighted by Gasteiger charge is 2.43. The van der Waals surface area contributed by atoms with E-state index in [4.69, 9.17) is 4.74 Å². The van der Waals surface area contributed by atoms with Gasteiger partial charge in [0.2, 0.25) is 5.96 Å². The van der Waals surface area contributed by atoms with Crippen molar-refractivity contribution >= 4 is 12.0 Å². The predicted molar refractivity (Wildman–Crippen MR) is 82.6 cm³/mol. The number of guanidine groups is 1. The second-order valence-electron chi connectivity index (χ2n) is 6.57. The fourth-order valence-electron chi connectivity index (χ4n) is 1.66. The fourth-order valence-corrected chi connectivity index (χ4v) is 1.66. The number of rotatable bonds is 2. The Kier molecular flexibility index (Phi) is 4.66. The number of ether oxygens (including phenoxy) is 1. The molecule has 0 aliphatic carbocycles. The van der Waals surface area contributed by atoms with Crippen LogP contribution in [-0.2, 0) is 4.74 Å². The zero-order chi connectivity index (χ0) is 15.7. The summed E-state index contributed by atoms with van der Waals surface area (Å²) in [6.07, 6.45) is 0. The largest absolute Gasteiger partial charge is 0.408 e. The third-order valence-corrected chi connectivity index (χ3v) is 2.61. The maximum atomic E-state index is 6.03. The van der Waals surface area contributed by atoms with Gasteiger partial charge in [-0.3, -0.25) is 0 Å². The Bertz CT molecular complexity index is 408. The first-order chi connectivity index (χ1) is 8.97. The lowest BCUT2D eigenvalue weighted by molar-refractivity contribution is -0.116. The number of nitrogens with one attached hydrogen (secondary N) is 1. The monoisotopic (exact) mass is 284 g/mol. The Morgan fingerprint density at radius 3 is 1.90 bits per heavy atom. The molecule has 0 aromatic rings. The molecule has 1 heterocycles. The van der Waals surface area contributed by atoms with Crippen LogP contribution >= 0.6 is 0 Å². The summed E-state index contributed by atoms with van der Waals surface area (Å²) in [6, 6.07) is 0.522. The van der Waals surface area contributed by atoms with Gasteiger partial charge in [0, 0.05) is 33.7 Å². The van der Waals surface area contributed by atoms with E-state index in [0.29, 0.717) is 12.0 Å². The fraction of sp³-hybridized carbons (Fsp3) is 0.846. The van der Waals surface area contributed by atoms with Gasteiger partial charge in [0.25, 0.3) is 6.02 Å². The highest BCUT2D eigenvalue weighted by molar-refractivity contribution is 5.93. The van der Waals surface area contributed by atoms with E-state index in [-0.39, 0.29) is 5.54 Å². The van der Waals surface area contributed by atoms with Gasteiger partial charge in [-0.15, -0.1) is 0 Å².